The SMILES string of the molecule is CN1CC(O)N(c2cc(C(C)(C)C)ccn2)C1=O. The van der Waals surface area contributed by atoms with Crippen molar-refractivity contribution in [3.8, 4) is 0 Å². The molecule has 0 bridgehead atoms. The van der Waals surface area contributed by atoms with E-state index in [0.29, 0.717) is 12.4 Å². The molecule has 5 heteroatoms. The fourth-order valence-electron chi connectivity index (χ4n) is 1.98. The average Bonchev–Trinajstić information content (AvgIpc) is 2.52. The third kappa shape index (κ3) is 2.18. The normalized spacial score (nSPS) is 20.7. The number of anilines is 1. The molecule has 1 unspecified atom stereocenters. The van der Waals surface area contributed by atoms with E-state index in [2.05, 4.69) is 25.8 Å². The standard InChI is InChI=1S/C13H19N3O2/c1-13(2,3)9-5-6-14-10(7-9)16-11(17)8-15(4)12(16)18/h5-7,11,17H,8H2,1-4H3. The van der Waals surface area contributed by atoms with Crippen molar-refractivity contribution in [3.63, 3.8) is 0 Å². The summed E-state index contributed by atoms with van der Waals surface area (Å²) in [6.07, 6.45) is 0.846. The van der Waals surface area contributed by atoms with E-state index in [1.807, 2.05) is 12.1 Å². The van der Waals surface area contributed by atoms with Gasteiger partial charge >= 0.3 is 6.03 Å². The van der Waals surface area contributed by atoms with Crippen LogP contribution in [0.4, 0.5) is 10.6 Å². The Morgan fingerprint density at radius 1 is 1.44 bits per heavy atom. The summed E-state index contributed by atoms with van der Waals surface area (Å²) in [6.45, 7) is 6.60. The molecule has 2 heterocycles. The minimum atomic E-state index is -0.829. The molecule has 1 aliphatic heterocycles. The Morgan fingerprint density at radius 3 is 2.61 bits per heavy atom. The van der Waals surface area contributed by atoms with Gasteiger partial charge in [0, 0.05) is 13.2 Å². The molecule has 98 valence electrons. The molecule has 2 rings (SSSR count). The van der Waals surface area contributed by atoms with Crippen molar-refractivity contribution in [1.82, 2.24) is 9.88 Å². The number of carbonyl (C=O) groups excluding carboxylic acids is 1. The summed E-state index contributed by atoms with van der Waals surface area (Å²) in [5.41, 5.74) is 1.07. The molecule has 0 aromatic carbocycles. The van der Waals surface area contributed by atoms with Crippen LogP contribution < -0.4 is 4.90 Å². The van der Waals surface area contributed by atoms with Crippen LogP contribution in [0.3, 0.4) is 0 Å². The number of hydrogen-bond acceptors (Lipinski definition) is 3. The number of pyridine rings is 1. The number of likely N-dealkylation sites (N-methyl/N-ethyl adjacent to an activating group) is 1. The molecule has 0 spiro atoms. The first-order chi connectivity index (χ1) is 8.30. The Balaban J connectivity index is 2.37. The first-order valence-electron chi connectivity index (χ1n) is 5.99. The predicted octanol–water partition coefficient (Wildman–Crippen LogP) is 1.57. The van der Waals surface area contributed by atoms with Gasteiger partial charge in [-0.3, -0.25) is 0 Å². The van der Waals surface area contributed by atoms with Crippen LogP contribution in [-0.4, -0.2) is 40.8 Å². The van der Waals surface area contributed by atoms with E-state index in [1.165, 1.54) is 9.80 Å². The van der Waals surface area contributed by atoms with Gasteiger partial charge < -0.3 is 10.0 Å². The molecule has 1 N–H and O–H groups in total. The van der Waals surface area contributed by atoms with Gasteiger partial charge in [0.25, 0.3) is 0 Å². The first-order valence-corrected chi connectivity index (χ1v) is 5.99. The molecular formula is C13H19N3O2. The van der Waals surface area contributed by atoms with Gasteiger partial charge in [-0.2, -0.15) is 0 Å². The second-order valence-corrected chi connectivity index (χ2v) is 5.67. The highest BCUT2D eigenvalue weighted by atomic mass is 16.3. The zero-order valence-electron chi connectivity index (χ0n) is 11.2. The second-order valence-electron chi connectivity index (χ2n) is 5.67. The lowest BCUT2D eigenvalue weighted by Crippen LogP contribution is -2.35. The topological polar surface area (TPSA) is 56.7 Å². The zero-order chi connectivity index (χ0) is 13.5. The number of aromatic nitrogens is 1. The van der Waals surface area contributed by atoms with E-state index < -0.39 is 6.23 Å². The summed E-state index contributed by atoms with van der Waals surface area (Å²) in [4.78, 5) is 18.9. The minimum absolute atomic E-state index is 0.0166. The summed E-state index contributed by atoms with van der Waals surface area (Å²) in [5.74, 6) is 0.504. The van der Waals surface area contributed by atoms with Gasteiger partial charge in [-0.25, -0.2) is 14.7 Å². The zero-order valence-corrected chi connectivity index (χ0v) is 11.2. The van der Waals surface area contributed by atoms with Gasteiger partial charge in [0.05, 0.1) is 6.54 Å². The van der Waals surface area contributed by atoms with Crippen molar-refractivity contribution in [2.24, 2.45) is 0 Å². The fourth-order valence-corrected chi connectivity index (χ4v) is 1.98. The lowest BCUT2D eigenvalue weighted by atomic mass is 9.88. The molecule has 0 radical (unpaired) electrons. The summed E-state index contributed by atoms with van der Waals surface area (Å²) >= 11 is 0. The van der Waals surface area contributed by atoms with Crippen LogP contribution in [0.15, 0.2) is 18.3 Å². The lowest BCUT2D eigenvalue weighted by molar-refractivity contribution is 0.183. The number of nitrogens with zero attached hydrogens (tertiary/aromatic N) is 3. The molecule has 1 saturated heterocycles. The summed E-state index contributed by atoms with van der Waals surface area (Å²) in [5, 5.41) is 9.90. The Bertz CT molecular complexity index is 468. The van der Waals surface area contributed by atoms with Crippen molar-refractivity contribution < 1.29 is 9.90 Å². The summed E-state index contributed by atoms with van der Waals surface area (Å²) in [7, 11) is 1.67. The van der Waals surface area contributed by atoms with E-state index in [1.54, 1.807) is 13.2 Å². The number of rotatable bonds is 1. The maximum Gasteiger partial charge on any atom is 0.327 e. The Hall–Kier alpha value is -1.62. The van der Waals surface area contributed by atoms with E-state index in [0.717, 1.165) is 5.56 Å². The quantitative estimate of drug-likeness (QED) is 0.822. The molecule has 1 aliphatic rings. The summed E-state index contributed by atoms with van der Waals surface area (Å²) in [6, 6.07) is 3.57. The number of aliphatic hydroxyl groups is 1. The number of β-amino-alcohol motifs (C(OH)–C–C–N with tert-alkyl or cyclic N) is 1. The molecule has 1 atom stereocenters. The van der Waals surface area contributed by atoms with Crippen LogP contribution in [0.5, 0.6) is 0 Å². The van der Waals surface area contributed by atoms with Crippen LogP contribution in [0.1, 0.15) is 26.3 Å². The highest BCUT2D eigenvalue weighted by Crippen LogP contribution is 2.27. The van der Waals surface area contributed by atoms with E-state index in [9.17, 15) is 9.90 Å². The molecule has 1 aromatic heterocycles. The van der Waals surface area contributed by atoms with Crippen molar-refractivity contribution in [3.05, 3.63) is 23.9 Å². The number of amides is 2. The number of carbonyl (C=O) groups is 1. The molecule has 0 aliphatic carbocycles. The Labute approximate surface area is 107 Å². The molecule has 5 nitrogen and oxygen atoms in total. The third-order valence-corrected chi connectivity index (χ3v) is 3.13. The van der Waals surface area contributed by atoms with Gasteiger partial charge in [-0.1, -0.05) is 20.8 Å². The fraction of sp³-hybridized carbons (Fsp3) is 0.538. The minimum Gasteiger partial charge on any atom is -0.371 e. The number of urea groups is 1. The smallest absolute Gasteiger partial charge is 0.327 e. The van der Waals surface area contributed by atoms with Crippen molar-refractivity contribution in [2.75, 3.05) is 18.5 Å². The van der Waals surface area contributed by atoms with Crippen LogP contribution in [-0.2, 0) is 5.41 Å². The maximum atomic E-state index is 11.9. The highest BCUT2D eigenvalue weighted by Gasteiger charge is 2.36. The van der Waals surface area contributed by atoms with E-state index >= 15 is 0 Å². The van der Waals surface area contributed by atoms with Crippen molar-refractivity contribution in [2.45, 2.75) is 32.4 Å². The first kappa shape index (κ1) is 12.8. The Kier molecular flexibility index (Phi) is 3.02. The molecule has 2 amide bonds. The molecule has 1 aromatic rings. The third-order valence-electron chi connectivity index (χ3n) is 3.13. The lowest BCUT2D eigenvalue weighted by Gasteiger charge is -2.23. The van der Waals surface area contributed by atoms with Gasteiger partial charge in [0.2, 0.25) is 0 Å². The molecular weight excluding hydrogens is 230 g/mol. The van der Waals surface area contributed by atoms with Crippen molar-refractivity contribution >= 4 is 11.8 Å². The highest BCUT2D eigenvalue weighted by molar-refractivity contribution is 5.93. The van der Waals surface area contributed by atoms with E-state index in [-0.39, 0.29) is 11.4 Å². The Morgan fingerprint density at radius 2 is 2.11 bits per heavy atom. The molecule has 1 fully saturated rings. The van der Waals surface area contributed by atoms with Crippen LogP contribution in [0, 0.1) is 0 Å². The van der Waals surface area contributed by atoms with Gasteiger partial charge in [0.15, 0.2) is 6.23 Å². The number of hydrogen-bond donors (Lipinski definition) is 1. The maximum absolute atomic E-state index is 11.9. The van der Waals surface area contributed by atoms with Crippen molar-refractivity contribution in [1.29, 1.82) is 0 Å². The molecule has 0 saturated carbocycles. The van der Waals surface area contributed by atoms with Gasteiger partial charge in [-0.15, -0.1) is 0 Å². The van der Waals surface area contributed by atoms with Crippen LogP contribution in [0.2, 0.25) is 0 Å². The monoisotopic (exact) mass is 249 g/mol. The molecule has 18 heavy (non-hydrogen) atoms. The van der Waals surface area contributed by atoms with Gasteiger partial charge in [-0.05, 0) is 23.1 Å². The van der Waals surface area contributed by atoms with Crippen LogP contribution in [0.25, 0.3) is 0 Å². The number of aliphatic hydroxyl groups excluding tert-OH is 1. The summed E-state index contributed by atoms with van der Waals surface area (Å²) < 4.78 is 0. The van der Waals surface area contributed by atoms with Crippen LogP contribution >= 0.6 is 0 Å². The average molecular weight is 249 g/mol. The van der Waals surface area contributed by atoms with E-state index in [4.69, 9.17) is 0 Å². The largest absolute Gasteiger partial charge is 0.371 e. The predicted molar refractivity (Wildman–Crippen MR) is 69.4 cm³/mol. The second kappa shape index (κ2) is 4.24. The van der Waals surface area contributed by atoms with Gasteiger partial charge in [0.1, 0.15) is 5.82 Å².